The van der Waals surface area contributed by atoms with Crippen molar-refractivity contribution in [2.75, 3.05) is 5.73 Å². The summed E-state index contributed by atoms with van der Waals surface area (Å²) in [5, 5.41) is 0.940. The molecule has 1 aromatic rings. The monoisotopic (exact) mass is 190 g/mol. The van der Waals surface area contributed by atoms with Crippen LogP contribution < -0.4 is 11.5 Å². The highest BCUT2D eigenvalue weighted by Crippen LogP contribution is 2.28. The predicted molar refractivity (Wildman–Crippen MR) is 48.8 cm³/mol. The van der Waals surface area contributed by atoms with Crippen LogP contribution in [-0.4, -0.2) is 0 Å². The minimum absolute atomic E-state index is 0.351. The smallest absolute Gasteiger partial charge is 0.0638 e. The van der Waals surface area contributed by atoms with Crippen molar-refractivity contribution in [1.29, 1.82) is 0 Å². The fraction of sp³-hybridized carbons (Fsp3) is 0.143. The molecule has 0 aliphatic carbocycles. The predicted octanol–water partition coefficient (Wildman–Crippen LogP) is 2.03. The fourth-order valence-electron chi connectivity index (χ4n) is 0.818. The molecule has 0 radical (unpaired) electrons. The Bertz CT molecular complexity index is 273. The van der Waals surface area contributed by atoms with E-state index in [2.05, 4.69) is 0 Å². The van der Waals surface area contributed by atoms with Crippen molar-refractivity contribution in [3.8, 4) is 0 Å². The van der Waals surface area contributed by atoms with Crippen LogP contribution in [0.5, 0.6) is 0 Å². The molecule has 2 nitrogen and oxygen atoms in total. The van der Waals surface area contributed by atoms with Crippen molar-refractivity contribution in [2.24, 2.45) is 5.73 Å². The summed E-state index contributed by atoms with van der Waals surface area (Å²) in [5.41, 5.74) is 12.3. The van der Waals surface area contributed by atoms with E-state index in [4.69, 9.17) is 34.7 Å². The van der Waals surface area contributed by atoms with Gasteiger partial charge in [0, 0.05) is 12.2 Å². The molecule has 1 aromatic carbocycles. The van der Waals surface area contributed by atoms with Crippen molar-refractivity contribution >= 4 is 28.9 Å². The van der Waals surface area contributed by atoms with Gasteiger partial charge in [-0.3, -0.25) is 0 Å². The summed E-state index contributed by atoms with van der Waals surface area (Å²) in [4.78, 5) is 0. The lowest BCUT2D eigenvalue weighted by Gasteiger charge is -2.03. The summed E-state index contributed by atoms with van der Waals surface area (Å²) >= 11 is 11.5. The number of benzene rings is 1. The van der Waals surface area contributed by atoms with Gasteiger partial charge in [-0.25, -0.2) is 0 Å². The molecule has 0 fully saturated rings. The number of rotatable bonds is 1. The molecule has 4 heteroatoms. The molecule has 0 saturated heterocycles. The summed E-state index contributed by atoms with van der Waals surface area (Å²) in [6.45, 7) is 0.351. The number of hydrogen-bond acceptors (Lipinski definition) is 2. The Morgan fingerprint density at radius 2 is 1.91 bits per heavy atom. The van der Waals surface area contributed by atoms with Crippen LogP contribution in [0, 0.1) is 0 Å². The van der Waals surface area contributed by atoms with E-state index in [0.29, 0.717) is 22.3 Å². The second-order valence-corrected chi connectivity index (χ2v) is 2.97. The van der Waals surface area contributed by atoms with E-state index in [1.165, 1.54) is 0 Å². The first-order chi connectivity index (χ1) is 5.15. The van der Waals surface area contributed by atoms with E-state index >= 15 is 0 Å². The van der Waals surface area contributed by atoms with Crippen molar-refractivity contribution in [3.63, 3.8) is 0 Å². The number of hydrogen-bond donors (Lipinski definition) is 2. The molecule has 0 unspecified atom stereocenters. The third-order valence-electron chi connectivity index (χ3n) is 1.35. The van der Waals surface area contributed by atoms with Gasteiger partial charge in [0.15, 0.2) is 0 Å². The second kappa shape index (κ2) is 3.30. The molecule has 0 aliphatic rings. The molecule has 0 amide bonds. The second-order valence-electron chi connectivity index (χ2n) is 2.18. The first-order valence-electron chi connectivity index (χ1n) is 3.08. The van der Waals surface area contributed by atoms with Crippen LogP contribution in [0.25, 0.3) is 0 Å². The maximum atomic E-state index is 5.80. The van der Waals surface area contributed by atoms with Gasteiger partial charge in [-0.15, -0.1) is 0 Å². The average Bonchev–Trinajstić information content (AvgIpc) is 1.96. The third kappa shape index (κ3) is 1.77. The highest BCUT2D eigenvalue weighted by molar-refractivity contribution is 6.42. The molecule has 60 valence electrons. The van der Waals surface area contributed by atoms with Crippen LogP contribution in [0.15, 0.2) is 12.1 Å². The molecule has 11 heavy (non-hydrogen) atoms. The Balaban J connectivity index is 3.24. The van der Waals surface area contributed by atoms with Crippen LogP contribution in [0.3, 0.4) is 0 Å². The molecule has 0 aliphatic heterocycles. The quantitative estimate of drug-likeness (QED) is 0.667. The van der Waals surface area contributed by atoms with Gasteiger partial charge in [0.05, 0.1) is 10.0 Å². The number of halogens is 2. The third-order valence-corrected chi connectivity index (χ3v) is 2.19. The molecule has 0 spiro atoms. The molecular formula is C7H8Cl2N2. The van der Waals surface area contributed by atoms with Gasteiger partial charge >= 0.3 is 0 Å². The molecule has 0 bridgehead atoms. The average molecular weight is 191 g/mol. The number of nitrogen functional groups attached to an aromatic ring is 1. The Labute approximate surface area is 75.1 Å². The summed E-state index contributed by atoms with van der Waals surface area (Å²) in [6.07, 6.45) is 0. The lowest BCUT2D eigenvalue weighted by molar-refractivity contribution is 1.07. The van der Waals surface area contributed by atoms with E-state index in [1.807, 2.05) is 0 Å². The first-order valence-corrected chi connectivity index (χ1v) is 3.84. The Morgan fingerprint density at radius 3 is 2.45 bits per heavy atom. The van der Waals surface area contributed by atoms with E-state index in [9.17, 15) is 0 Å². The SMILES string of the molecule is NCc1cc(N)cc(Cl)c1Cl. The van der Waals surface area contributed by atoms with E-state index in [0.717, 1.165) is 5.56 Å². The first kappa shape index (κ1) is 8.65. The van der Waals surface area contributed by atoms with Crippen molar-refractivity contribution in [1.82, 2.24) is 0 Å². The molecule has 0 saturated carbocycles. The Morgan fingerprint density at radius 1 is 1.27 bits per heavy atom. The van der Waals surface area contributed by atoms with Crippen molar-refractivity contribution < 1.29 is 0 Å². The summed E-state index contributed by atoms with van der Waals surface area (Å²) in [5.74, 6) is 0. The minimum atomic E-state index is 0.351. The van der Waals surface area contributed by atoms with E-state index in [-0.39, 0.29) is 0 Å². The van der Waals surface area contributed by atoms with Crippen LogP contribution in [0.2, 0.25) is 10.0 Å². The van der Waals surface area contributed by atoms with E-state index in [1.54, 1.807) is 12.1 Å². The van der Waals surface area contributed by atoms with E-state index < -0.39 is 0 Å². The van der Waals surface area contributed by atoms with Crippen LogP contribution >= 0.6 is 23.2 Å². The van der Waals surface area contributed by atoms with Crippen LogP contribution in [0.1, 0.15) is 5.56 Å². The zero-order chi connectivity index (χ0) is 8.43. The standard InChI is InChI=1S/C7H8Cl2N2/c8-6-2-5(11)1-4(3-10)7(6)9/h1-2H,3,10-11H2. The summed E-state index contributed by atoms with van der Waals surface area (Å²) < 4.78 is 0. The van der Waals surface area contributed by atoms with Gasteiger partial charge in [-0.2, -0.15) is 0 Å². The zero-order valence-corrected chi connectivity index (χ0v) is 7.28. The van der Waals surface area contributed by atoms with Gasteiger partial charge in [0.1, 0.15) is 0 Å². The van der Waals surface area contributed by atoms with Gasteiger partial charge in [0.2, 0.25) is 0 Å². The Kier molecular flexibility index (Phi) is 2.60. The van der Waals surface area contributed by atoms with Crippen LogP contribution in [-0.2, 0) is 6.54 Å². The Hall–Kier alpha value is -0.440. The van der Waals surface area contributed by atoms with Crippen molar-refractivity contribution in [3.05, 3.63) is 27.7 Å². The molecule has 1 rings (SSSR count). The largest absolute Gasteiger partial charge is 0.399 e. The molecule has 0 aromatic heterocycles. The normalized spacial score (nSPS) is 10.1. The lowest BCUT2D eigenvalue weighted by Crippen LogP contribution is -1.99. The molecule has 0 heterocycles. The molecule has 0 atom stereocenters. The van der Waals surface area contributed by atoms with Gasteiger partial charge in [-0.05, 0) is 17.7 Å². The highest BCUT2D eigenvalue weighted by atomic mass is 35.5. The topological polar surface area (TPSA) is 52.0 Å². The maximum Gasteiger partial charge on any atom is 0.0638 e. The zero-order valence-electron chi connectivity index (χ0n) is 5.77. The van der Waals surface area contributed by atoms with Gasteiger partial charge in [-0.1, -0.05) is 23.2 Å². The minimum Gasteiger partial charge on any atom is -0.399 e. The molecular weight excluding hydrogens is 183 g/mol. The van der Waals surface area contributed by atoms with Crippen molar-refractivity contribution in [2.45, 2.75) is 6.54 Å². The summed E-state index contributed by atoms with van der Waals surface area (Å²) in [6, 6.07) is 3.32. The van der Waals surface area contributed by atoms with Crippen LogP contribution in [0.4, 0.5) is 5.69 Å². The van der Waals surface area contributed by atoms with Gasteiger partial charge in [0.25, 0.3) is 0 Å². The fourth-order valence-corrected chi connectivity index (χ4v) is 1.25. The maximum absolute atomic E-state index is 5.80. The molecule has 4 N–H and O–H groups in total. The lowest BCUT2D eigenvalue weighted by atomic mass is 10.2. The highest BCUT2D eigenvalue weighted by Gasteiger charge is 2.03. The number of anilines is 1. The summed E-state index contributed by atoms with van der Waals surface area (Å²) in [7, 11) is 0. The van der Waals surface area contributed by atoms with Gasteiger partial charge < -0.3 is 11.5 Å². The number of nitrogens with two attached hydrogens (primary N) is 2.